The van der Waals surface area contributed by atoms with Crippen LogP contribution in [0.5, 0.6) is 11.5 Å². The van der Waals surface area contributed by atoms with E-state index in [1.807, 2.05) is 13.8 Å². The summed E-state index contributed by atoms with van der Waals surface area (Å²) in [6.07, 6.45) is 0. The highest BCUT2D eigenvalue weighted by molar-refractivity contribution is 9.10. The number of aromatic hydroxyl groups is 1. The van der Waals surface area contributed by atoms with Gasteiger partial charge in [-0.05, 0) is 41.9 Å². The fraction of sp³-hybridized carbons (Fsp3) is 0.400. The van der Waals surface area contributed by atoms with E-state index in [1.54, 1.807) is 19.2 Å². The molecule has 0 aliphatic rings. The van der Waals surface area contributed by atoms with Crippen LogP contribution >= 0.6 is 15.9 Å². The Balaban J connectivity index is 3.39. The van der Waals surface area contributed by atoms with Crippen molar-refractivity contribution < 1.29 is 9.84 Å². The molecule has 1 aromatic rings. The molecular weight excluding hydrogens is 246 g/mol. The second-order valence-electron chi connectivity index (χ2n) is 3.70. The lowest BCUT2D eigenvalue weighted by atomic mass is 9.94. The summed E-state index contributed by atoms with van der Waals surface area (Å²) >= 11 is 3.25. The topological polar surface area (TPSA) is 55.5 Å². The van der Waals surface area contributed by atoms with Crippen LogP contribution in [0.25, 0.3) is 0 Å². The van der Waals surface area contributed by atoms with Crippen LogP contribution in [0.3, 0.4) is 0 Å². The molecule has 0 amide bonds. The molecule has 1 rings (SSSR count). The monoisotopic (exact) mass is 259 g/mol. The van der Waals surface area contributed by atoms with Gasteiger partial charge in [-0.15, -0.1) is 0 Å². The molecule has 3 nitrogen and oxygen atoms in total. The SMILES string of the molecule is COc1c(C(C)(C)N)ccc(O)c1Br. The maximum Gasteiger partial charge on any atom is 0.141 e. The van der Waals surface area contributed by atoms with E-state index in [1.165, 1.54) is 0 Å². The summed E-state index contributed by atoms with van der Waals surface area (Å²) < 4.78 is 5.73. The fourth-order valence-electron chi connectivity index (χ4n) is 1.25. The summed E-state index contributed by atoms with van der Waals surface area (Å²) in [5.41, 5.74) is 6.32. The van der Waals surface area contributed by atoms with Gasteiger partial charge in [-0.3, -0.25) is 0 Å². The molecule has 0 atom stereocenters. The largest absolute Gasteiger partial charge is 0.507 e. The first kappa shape index (κ1) is 11.3. The van der Waals surface area contributed by atoms with Crippen LogP contribution in [0.15, 0.2) is 16.6 Å². The zero-order chi connectivity index (χ0) is 10.9. The van der Waals surface area contributed by atoms with Gasteiger partial charge in [0.25, 0.3) is 0 Å². The summed E-state index contributed by atoms with van der Waals surface area (Å²) in [5, 5.41) is 9.45. The van der Waals surface area contributed by atoms with Crippen LogP contribution in [0, 0.1) is 0 Å². The summed E-state index contributed by atoms with van der Waals surface area (Å²) in [6.45, 7) is 3.77. The maximum atomic E-state index is 9.45. The molecule has 0 radical (unpaired) electrons. The Morgan fingerprint density at radius 1 is 1.43 bits per heavy atom. The minimum absolute atomic E-state index is 0.148. The van der Waals surface area contributed by atoms with Crippen LogP contribution < -0.4 is 10.5 Å². The highest BCUT2D eigenvalue weighted by Crippen LogP contribution is 2.39. The summed E-state index contributed by atoms with van der Waals surface area (Å²) in [4.78, 5) is 0. The molecule has 0 saturated heterocycles. The molecule has 0 aliphatic heterocycles. The Labute approximate surface area is 92.0 Å². The van der Waals surface area contributed by atoms with Crippen molar-refractivity contribution in [2.45, 2.75) is 19.4 Å². The molecule has 0 saturated carbocycles. The number of ether oxygens (including phenoxy) is 1. The lowest BCUT2D eigenvalue weighted by Crippen LogP contribution is -2.29. The van der Waals surface area contributed by atoms with Gasteiger partial charge in [-0.2, -0.15) is 0 Å². The quantitative estimate of drug-likeness (QED) is 0.858. The smallest absolute Gasteiger partial charge is 0.141 e. The summed E-state index contributed by atoms with van der Waals surface area (Å²) in [7, 11) is 1.55. The molecule has 0 heterocycles. The lowest BCUT2D eigenvalue weighted by Gasteiger charge is -2.23. The molecule has 0 aromatic heterocycles. The van der Waals surface area contributed by atoms with E-state index >= 15 is 0 Å². The number of phenols is 1. The van der Waals surface area contributed by atoms with Crippen LogP contribution in [-0.2, 0) is 5.54 Å². The predicted molar refractivity (Wildman–Crippen MR) is 59.6 cm³/mol. The zero-order valence-electron chi connectivity index (χ0n) is 8.47. The highest BCUT2D eigenvalue weighted by Gasteiger charge is 2.22. The van der Waals surface area contributed by atoms with Crippen LogP contribution in [-0.4, -0.2) is 12.2 Å². The molecule has 0 unspecified atom stereocenters. The van der Waals surface area contributed by atoms with Gasteiger partial charge >= 0.3 is 0 Å². The average molecular weight is 260 g/mol. The number of benzene rings is 1. The number of phenolic OH excluding ortho intramolecular Hbond substituents is 1. The molecular formula is C10H14BrNO2. The van der Waals surface area contributed by atoms with Gasteiger partial charge in [-0.1, -0.05) is 0 Å². The molecule has 78 valence electrons. The Hall–Kier alpha value is -0.740. The predicted octanol–water partition coefficient (Wildman–Crippen LogP) is 2.36. The molecule has 14 heavy (non-hydrogen) atoms. The third-order valence-electron chi connectivity index (χ3n) is 1.98. The Kier molecular flexibility index (Phi) is 3.07. The van der Waals surface area contributed by atoms with E-state index in [4.69, 9.17) is 10.5 Å². The average Bonchev–Trinajstić information content (AvgIpc) is 2.07. The molecule has 0 spiro atoms. The van der Waals surface area contributed by atoms with E-state index in [0.29, 0.717) is 10.2 Å². The Morgan fingerprint density at radius 2 is 2.00 bits per heavy atom. The van der Waals surface area contributed by atoms with E-state index in [-0.39, 0.29) is 5.75 Å². The van der Waals surface area contributed by atoms with Crippen molar-refractivity contribution in [2.24, 2.45) is 5.73 Å². The van der Waals surface area contributed by atoms with E-state index < -0.39 is 5.54 Å². The molecule has 3 N–H and O–H groups in total. The van der Waals surface area contributed by atoms with Crippen LogP contribution in [0.4, 0.5) is 0 Å². The Bertz CT molecular complexity index is 345. The molecule has 1 aromatic carbocycles. The van der Waals surface area contributed by atoms with Gasteiger partial charge in [0, 0.05) is 11.1 Å². The Morgan fingerprint density at radius 3 is 2.43 bits per heavy atom. The van der Waals surface area contributed by atoms with Crippen molar-refractivity contribution in [1.82, 2.24) is 0 Å². The van der Waals surface area contributed by atoms with Crippen LogP contribution in [0.2, 0.25) is 0 Å². The first-order valence-corrected chi connectivity index (χ1v) is 5.02. The first-order valence-electron chi connectivity index (χ1n) is 4.22. The minimum Gasteiger partial charge on any atom is -0.507 e. The normalized spacial score (nSPS) is 11.5. The van der Waals surface area contributed by atoms with Gasteiger partial charge < -0.3 is 15.6 Å². The van der Waals surface area contributed by atoms with Gasteiger partial charge in [0.05, 0.1) is 7.11 Å². The third kappa shape index (κ3) is 2.01. The van der Waals surface area contributed by atoms with Gasteiger partial charge in [0.2, 0.25) is 0 Å². The summed E-state index contributed by atoms with van der Waals surface area (Å²) in [6, 6.07) is 3.36. The van der Waals surface area contributed by atoms with Crippen molar-refractivity contribution in [3.8, 4) is 11.5 Å². The van der Waals surface area contributed by atoms with Crippen LogP contribution in [0.1, 0.15) is 19.4 Å². The standard InChI is InChI=1S/C10H14BrNO2/c1-10(2,12)6-4-5-7(13)8(11)9(6)14-3/h4-5,13H,12H2,1-3H3. The summed E-state index contributed by atoms with van der Waals surface area (Å²) in [5.74, 6) is 0.729. The van der Waals surface area contributed by atoms with Crippen molar-refractivity contribution in [2.75, 3.05) is 7.11 Å². The maximum absolute atomic E-state index is 9.45. The number of hydrogen-bond acceptors (Lipinski definition) is 3. The number of halogens is 1. The number of rotatable bonds is 2. The molecule has 0 bridgehead atoms. The number of methoxy groups -OCH3 is 1. The van der Waals surface area contributed by atoms with E-state index in [2.05, 4.69) is 15.9 Å². The first-order chi connectivity index (χ1) is 6.38. The van der Waals surface area contributed by atoms with E-state index in [0.717, 1.165) is 5.56 Å². The van der Waals surface area contributed by atoms with Gasteiger partial charge in [0.1, 0.15) is 16.0 Å². The number of nitrogens with two attached hydrogens (primary N) is 1. The molecule has 0 aliphatic carbocycles. The number of hydrogen-bond donors (Lipinski definition) is 2. The highest BCUT2D eigenvalue weighted by atomic mass is 79.9. The van der Waals surface area contributed by atoms with Gasteiger partial charge in [0.15, 0.2) is 0 Å². The lowest BCUT2D eigenvalue weighted by molar-refractivity contribution is 0.384. The molecule has 0 fully saturated rings. The van der Waals surface area contributed by atoms with Gasteiger partial charge in [-0.25, -0.2) is 0 Å². The van der Waals surface area contributed by atoms with Crippen molar-refractivity contribution in [3.05, 3.63) is 22.2 Å². The molecule has 4 heteroatoms. The van der Waals surface area contributed by atoms with Crippen molar-refractivity contribution in [1.29, 1.82) is 0 Å². The second kappa shape index (κ2) is 3.79. The minimum atomic E-state index is -0.498. The second-order valence-corrected chi connectivity index (χ2v) is 4.49. The zero-order valence-corrected chi connectivity index (χ0v) is 10.1. The third-order valence-corrected chi connectivity index (χ3v) is 2.74. The van der Waals surface area contributed by atoms with Crippen molar-refractivity contribution in [3.63, 3.8) is 0 Å². The fourth-order valence-corrected chi connectivity index (χ4v) is 1.76. The van der Waals surface area contributed by atoms with E-state index in [9.17, 15) is 5.11 Å². The van der Waals surface area contributed by atoms with Crippen molar-refractivity contribution >= 4 is 15.9 Å².